The number of hydrogen-bond acceptors (Lipinski definition) is 0. The maximum absolute atomic E-state index is 5.78. The van der Waals surface area contributed by atoms with Gasteiger partial charge in [-0.2, -0.15) is 0 Å². The van der Waals surface area contributed by atoms with Crippen LogP contribution in [0.3, 0.4) is 0 Å². The normalized spacial score (nSPS) is 18.4. The maximum atomic E-state index is 5.78. The summed E-state index contributed by atoms with van der Waals surface area (Å²) in [6, 6.07) is 0. The Morgan fingerprint density at radius 3 is 3.11 bits per heavy atom. The first-order chi connectivity index (χ1) is 4.30. The molecule has 0 bridgehead atoms. The number of allylic oxidation sites excluding steroid dienone is 6. The molecule has 0 N–H and O–H groups in total. The molecular formula is C7H6BrCl. The van der Waals surface area contributed by atoms with Crippen molar-refractivity contribution in [2.24, 2.45) is 0 Å². The average Bonchev–Trinajstić information content (AvgIpc) is 1.99. The first-order valence-electron chi connectivity index (χ1n) is 2.69. The lowest BCUT2D eigenvalue weighted by molar-refractivity contribution is 1.40. The summed E-state index contributed by atoms with van der Waals surface area (Å²) < 4.78 is 0.956. The van der Waals surface area contributed by atoms with Crippen molar-refractivity contribution >= 4 is 27.5 Å². The molecule has 0 aromatic rings. The van der Waals surface area contributed by atoms with E-state index in [1.807, 2.05) is 18.2 Å². The lowest BCUT2D eigenvalue weighted by atomic mass is 10.4. The van der Waals surface area contributed by atoms with Crippen LogP contribution in [0.2, 0.25) is 0 Å². The van der Waals surface area contributed by atoms with E-state index in [2.05, 4.69) is 22.0 Å². The van der Waals surface area contributed by atoms with Crippen molar-refractivity contribution < 1.29 is 0 Å². The Morgan fingerprint density at radius 1 is 1.56 bits per heavy atom. The van der Waals surface area contributed by atoms with Crippen LogP contribution in [0.5, 0.6) is 0 Å². The highest BCUT2D eigenvalue weighted by atomic mass is 79.9. The number of halogens is 2. The van der Waals surface area contributed by atoms with Crippen LogP contribution >= 0.6 is 27.5 Å². The van der Waals surface area contributed by atoms with Gasteiger partial charge in [-0.1, -0.05) is 29.8 Å². The van der Waals surface area contributed by atoms with Gasteiger partial charge in [0.2, 0.25) is 0 Å². The zero-order valence-electron chi connectivity index (χ0n) is 4.77. The van der Waals surface area contributed by atoms with Gasteiger partial charge in [-0.25, -0.2) is 0 Å². The summed E-state index contributed by atoms with van der Waals surface area (Å²) in [6.45, 7) is 0. The van der Waals surface area contributed by atoms with Crippen LogP contribution < -0.4 is 0 Å². The second-order valence-electron chi connectivity index (χ2n) is 1.73. The van der Waals surface area contributed by atoms with Crippen molar-refractivity contribution in [1.82, 2.24) is 0 Å². The molecule has 0 aliphatic heterocycles. The van der Waals surface area contributed by atoms with Crippen LogP contribution in [-0.4, -0.2) is 0 Å². The Bertz CT molecular complexity index is 189. The van der Waals surface area contributed by atoms with Gasteiger partial charge in [0.1, 0.15) is 0 Å². The number of rotatable bonds is 0. The first-order valence-corrected chi connectivity index (χ1v) is 3.86. The van der Waals surface area contributed by atoms with Crippen LogP contribution in [0.4, 0.5) is 0 Å². The molecule has 48 valence electrons. The fraction of sp³-hybridized carbons (Fsp3) is 0.143. The second-order valence-corrected chi connectivity index (χ2v) is 2.99. The van der Waals surface area contributed by atoms with Crippen LogP contribution in [0.15, 0.2) is 33.8 Å². The molecule has 2 heteroatoms. The van der Waals surface area contributed by atoms with Crippen molar-refractivity contribution in [2.75, 3.05) is 0 Å². The minimum absolute atomic E-state index is 0.792. The van der Waals surface area contributed by atoms with Crippen molar-refractivity contribution in [2.45, 2.75) is 6.42 Å². The van der Waals surface area contributed by atoms with E-state index in [4.69, 9.17) is 11.6 Å². The zero-order chi connectivity index (χ0) is 6.69. The summed E-state index contributed by atoms with van der Waals surface area (Å²) in [5.74, 6) is 0. The minimum atomic E-state index is 0.792. The highest BCUT2D eigenvalue weighted by Gasteiger charge is 1.96. The Morgan fingerprint density at radius 2 is 2.33 bits per heavy atom. The van der Waals surface area contributed by atoms with E-state index < -0.39 is 0 Å². The van der Waals surface area contributed by atoms with Crippen molar-refractivity contribution in [1.29, 1.82) is 0 Å². The van der Waals surface area contributed by atoms with Crippen LogP contribution in [-0.2, 0) is 0 Å². The van der Waals surface area contributed by atoms with Crippen molar-refractivity contribution in [3.63, 3.8) is 0 Å². The second kappa shape index (κ2) is 3.23. The average molecular weight is 205 g/mol. The molecule has 0 heterocycles. The quantitative estimate of drug-likeness (QED) is 0.569. The summed E-state index contributed by atoms with van der Waals surface area (Å²) in [5.41, 5.74) is 0. The SMILES string of the molecule is ClC1=CCC=CC=C1Br. The van der Waals surface area contributed by atoms with E-state index >= 15 is 0 Å². The molecule has 0 saturated heterocycles. The molecule has 1 aliphatic rings. The Hall–Kier alpha value is -0.0100. The molecule has 0 fully saturated rings. The third kappa shape index (κ3) is 1.99. The summed E-state index contributed by atoms with van der Waals surface area (Å²) in [4.78, 5) is 0. The lowest BCUT2D eigenvalue weighted by Crippen LogP contribution is -1.66. The van der Waals surface area contributed by atoms with Crippen molar-refractivity contribution in [3.8, 4) is 0 Å². The van der Waals surface area contributed by atoms with Crippen LogP contribution in [0, 0.1) is 0 Å². The summed E-state index contributed by atoms with van der Waals surface area (Å²) in [7, 11) is 0. The van der Waals surface area contributed by atoms with Gasteiger partial charge in [-0.15, -0.1) is 0 Å². The fourth-order valence-corrected chi connectivity index (χ4v) is 1.05. The van der Waals surface area contributed by atoms with Gasteiger partial charge >= 0.3 is 0 Å². The molecule has 1 rings (SSSR count). The van der Waals surface area contributed by atoms with Gasteiger partial charge < -0.3 is 0 Å². The van der Waals surface area contributed by atoms with Crippen LogP contribution in [0.25, 0.3) is 0 Å². The summed E-state index contributed by atoms with van der Waals surface area (Å²) in [5, 5.41) is 0.792. The van der Waals surface area contributed by atoms with E-state index in [1.165, 1.54) is 0 Å². The highest BCUT2D eigenvalue weighted by Crippen LogP contribution is 2.23. The van der Waals surface area contributed by atoms with Gasteiger partial charge in [-0.05, 0) is 28.4 Å². The third-order valence-electron chi connectivity index (χ3n) is 1.04. The fourth-order valence-electron chi connectivity index (χ4n) is 0.580. The van der Waals surface area contributed by atoms with E-state index in [0.29, 0.717) is 0 Å². The molecule has 0 aromatic heterocycles. The number of hydrogen-bond donors (Lipinski definition) is 0. The molecule has 0 unspecified atom stereocenters. The molecule has 0 spiro atoms. The van der Waals surface area contributed by atoms with Gasteiger partial charge in [0.05, 0.1) is 5.03 Å². The summed E-state index contributed by atoms with van der Waals surface area (Å²) >= 11 is 9.09. The predicted octanol–water partition coefficient (Wildman–Crippen LogP) is 3.35. The molecule has 0 nitrogen and oxygen atoms in total. The lowest BCUT2D eigenvalue weighted by Gasteiger charge is -1.89. The monoisotopic (exact) mass is 204 g/mol. The minimum Gasteiger partial charge on any atom is -0.0834 e. The summed E-state index contributed by atoms with van der Waals surface area (Å²) in [6.07, 6.45) is 8.86. The highest BCUT2D eigenvalue weighted by molar-refractivity contribution is 9.12. The molecule has 0 atom stereocenters. The molecule has 0 amide bonds. The van der Waals surface area contributed by atoms with Gasteiger partial charge in [0, 0.05) is 4.48 Å². The largest absolute Gasteiger partial charge is 0.0834 e. The van der Waals surface area contributed by atoms with Gasteiger partial charge in [-0.3, -0.25) is 0 Å². The zero-order valence-corrected chi connectivity index (χ0v) is 7.11. The molecule has 0 saturated carbocycles. The van der Waals surface area contributed by atoms with Gasteiger partial charge in [0.15, 0.2) is 0 Å². The van der Waals surface area contributed by atoms with Crippen molar-refractivity contribution in [3.05, 3.63) is 33.8 Å². The third-order valence-corrected chi connectivity index (χ3v) is 2.32. The maximum Gasteiger partial charge on any atom is 0.0511 e. The molecule has 9 heavy (non-hydrogen) atoms. The molecule has 0 radical (unpaired) electrons. The molecular weight excluding hydrogens is 199 g/mol. The standard InChI is InChI=1S/C7H6BrCl/c8-6-4-2-1-3-5-7(6)9/h1-2,4-5H,3H2. The Kier molecular flexibility index (Phi) is 2.55. The predicted molar refractivity (Wildman–Crippen MR) is 44.7 cm³/mol. The molecule has 0 aromatic carbocycles. The van der Waals surface area contributed by atoms with E-state index in [1.54, 1.807) is 0 Å². The smallest absolute Gasteiger partial charge is 0.0511 e. The molecule has 1 aliphatic carbocycles. The topological polar surface area (TPSA) is 0 Å². The van der Waals surface area contributed by atoms with Crippen LogP contribution in [0.1, 0.15) is 6.42 Å². The Labute approximate surface area is 68.0 Å². The first kappa shape index (κ1) is 7.10. The van der Waals surface area contributed by atoms with E-state index in [9.17, 15) is 0 Å². The van der Waals surface area contributed by atoms with E-state index in [0.717, 1.165) is 15.9 Å². The Balaban J connectivity index is 2.85. The van der Waals surface area contributed by atoms with Gasteiger partial charge in [0.25, 0.3) is 0 Å². The van der Waals surface area contributed by atoms with E-state index in [-0.39, 0.29) is 0 Å².